The Kier molecular flexibility index (Phi) is 6.19. The lowest BCUT2D eigenvalue weighted by atomic mass is 10.1. The molecule has 27 heavy (non-hydrogen) atoms. The summed E-state index contributed by atoms with van der Waals surface area (Å²) in [4.78, 5) is 32.0. The molecule has 142 valence electrons. The minimum absolute atomic E-state index is 0.0184. The molecule has 0 bridgehead atoms. The van der Waals surface area contributed by atoms with Crippen molar-refractivity contribution in [3.05, 3.63) is 65.0 Å². The van der Waals surface area contributed by atoms with E-state index in [4.69, 9.17) is 0 Å². The molecule has 0 saturated carbocycles. The van der Waals surface area contributed by atoms with Crippen LogP contribution in [0.15, 0.2) is 42.7 Å². The summed E-state index contributed by atoms with van der Waals surface area (Å²) in [6.45, 7) is 8.26. The van der Waals surface area contributed by atoms with Crippen LogP contribution in [-0.4, -0.2) is 54.4 Å². The number of nitrogens with one attached hydrogen (secondary N) is 2. The number of benzene rings is 1. The normalized spacial score (nSPS) is 14.8. The zero-order chi connectivity index (χ0) is 19.2. The first-order valence-corrected chi connectivity index (χ1v) is 9.38. The van der Waals surface area contributed by atoms with Crippen molar-refractivity contribution in [1.82, 2.24) is 15.2 Å². The monoisotopic (exact) mass is 367 g/mol. The first-order valence-electron chi connectivity index (χ1n) is 9.38. The second-order valence-corrected chi connectivity index (χ2v) is 7.14. The van der Waals surface area contributed by atoms with Crippen LogP contribution < -0.4 is 10.2 Å². The van der Waals surface area contributed by atoms with Crippen molar-refractivity contribution < 1.29 is 14.5 Å². The predicted octanol–water partition coefficient (Wildman–Crippen LogP) is 0.356. The van der Waals surface area contributed by atoms with Gasteiger partial charge in [-0.25, -0.2) is 0 Å². The fourth-order valence-electron chi connectivity index (χ4n) is 3.29. The van der Waals surface area contributed by atoms with Crippen molar-refractivity contribution in [2.75, 3.05) is 32.7 Å². The number of aromatic nitrogens is 1. The number of pyridine rings is 1. The molecule has 1 aliphatic rings. The van der Waals surface area contributed by atoms with Crippen LogP contribution in [0.25, 0.3) is 0 Å². The summed E-state index contributed by atoms with van der Waals surface area (Å²) in [5, 5.41) is 2.75. The topological polar surface area (TPSA) is 66.7 Å². The molecule has 2 aromatic rings. The predicted molar refractivity (Wildman–Crippen MR) is 103 cm³/mol. The summed E-state index contributed by atoms with van der Waals surface area (Å²) in [7, 11) is 0. The van der Waals surface area contributed by atoms with E-state index in [-0.39, 0.29) is 18.4 Å². The second-order valence-electron chi connectivity index (χ2n) is 7.14. The summed E-state index contributed by atoms with van der Waals surface area (Å²) >= 11 is 0. The molecule has 2 amide bonds. The standard InChI is InChI=1S/C21H26N4O2/c1-16-3-4-19(13-17(16)2)21(27)23-14-20(26)25-11-9-24(10-12-25)15-18-5-7-22-8-6-18/h3-8,13H,9-12,14-15H2,1-2H3,(H,23,27)/p+1. The van der Waals surface area contributed by atoms with Crippen LogP contribution in [0.1, 0.15) is 27.0 Å². The second kappa shape index (κ2) is 8.77. The van der Waals surface area contributed by atoms with E-state index >= 15 is 0 Å². The summed E-state index contributed by atoms with van der Waals surface area (Å²) in [6, 6.07) is 9.65. The number of quaternary nitrogens is 1. The number of hydrogen-bond donors (Lipinski definition) is 2. The van der Waals surface area contributed by atoms with Crippen LogP contribution in [0.3, 0.4) is 0 Å². The van der Waals surface area contributed by atoms with E-state index in [1.165, 1.54) is 10.5 Å². The Hall–Kier alpha value is -2.73. The Labute approximate surface area is 160 Å². The third-order valence-electron chi connectivity index (χ3n) is 5.20. The molecule has 6 heteroatoms. The van der Waals surface area contributed by atoms with Crippen LogP contribution in [0, 0.1) is 13.8 Å². The van der Waals surface area contributed by atoms with Gasteiger partial charge in [0, 0.05) is 23.5 Å². The van der Waals surface area contributed by atoms with Crippen molar-refractivity contribution >= 4 is 11.8 Å². The smallest absolute Gasteiger partial charge is 0.251 e. The number of amides is 2. The average molecular weight is 367 g/mol. The molecule has 0 atom stereocenters. The van der Waals surface area contributed by atoms with Gasteiger partial charge in [-0.3, -0.25) is 14.6 Å². The quantitative estimate of drug-likeness (QED) is 0.802. The Morgan fingerprint density at radius 3 is 2.44 bits per heavy atom. The molecule has 0 aliphatic carbocycles. The molecule has 1 aliphatic heterocycles. The Bertz CT molecular complexity index is 799. The summed E-state index contributed by atoms with van der Waals surface area (Å²) in [5.41, 5.74) is 4.08. The molecule has 1 fully saturated rings. The number of carbonyl (C=O) groups is 2. The number of aryl methyl sites for hydroxylation is 2. The average Bonchev–Trinajstić information content (AvgIpc) is 2.69. The summed E-state index contributed by atoms with van der Waals surface area (Å²) < 4.78 is 0. The van der Waals surface area contributed by atoms with E-state index in [1.807, 2.05) is 55.4 Å². The summed E-state index contributed by atoms with van der Waals surface area (Å²) in [5.74, 6) is -0.219. The molecule has 0 unspecified atom stereocenters. The number of hydrogen-bond acceptors (Lipinski definition) is 3. The van der Waals surface area contributed by atoms with E-state index in [2.05, 4.69) is 10.3 Å². The van der Waals surface area contributed by atoms with Gasteiger partial charge in [-0.2, -0.15) is 0 Å². The lowest BCUT2D eigenvalue weighted by Gasteiger charge is -2.32. The summed E-state index contributed by atoms with van der Waals surface area (Å²) in [6.07, 6.45) is 3.62. The van der Waals surface area contributed by atoms with Gasteiger partial charge in [0.25, 0.3) is 5.91 Å². The zero-order valence-corrected chi connectivity index (χ0v) is 16.0. The van der Waals surface area contributed by atoms with Gasteiger partial charge in [0.15, 0.2) is 0 Å². The van der Waals surface area contributed by atoms with Crippen LogP contribution >= 0.6 is 0 Å². The minimum atomic E-state index is -0.201. The highest BCUT2D eigenvalue weighted by Gasteiger charge is 2.24. The van der Waals surface area contributed by atoms with Crippen molar-refractivity contribution in [2.24, 2.45) is 0 Å². The molecular weight excluding hydrogens is 340 g/mol. The molecule has 1 aromatic carbocycles. The van der Waals surface area contributed by atoms with Gasteiger partial charge < -0.3 is 15.1 Å². The highest BCUT2D eigenvalue weighted by molar-refractivity contribution is 5.96. The fourth-order valence-corrected chi connectivity index (χ4v) is 3.29. The minimum Gasteiger partial charge on any atom is -0.343 e. The van der Waals surface area contributed by atoms with Gasteiger partial charge in [0.2, 0.25) is 5.91 Å². The molecule has 3 rings (SSSR count). The molecule has 1 aromatic heterocycles. The van der Waals surface area contributed by atoms with Gasteiger partial charge in [-0.05, 0) is 49.2 Å². The number of carbonyl (C=O) groups excluding carboxylic acids is 2. The third-order valence-corrected chi connectivity index (χ3v) is 5.20. The van der Waals surface area contributed by atoms with Gasteiger partial charge in [-0.1, -0.05) is 6.07 Å². The fraction of sp³-hybridized carbons (Fsp3) is 0.381. The highest BCUT2D eigenvalue weighted by Crippen LogP contribution is 2.09. The molecule has 6 nitrogen and oxygen atoms in total. The molecule has 1 saturated heterocycles. The first kappa shape index (κ1) is 19.0. The van der Waals surface area contributed by atoms with Gasteiger partial charge in [0.05, 0.1) is 32.7 Å². The molecule has 0 spiro atoms. The van der Waals surface area contributed by atoms with E-state index in [0.717, 1.165) is 43.9 Å². The van der Waals surface area contributed by atoms with Gasteiger partial charge in [-0.15, -0.1) is 0 Å². The maximum atomic E-state index is 12.4. The molecule has 0 radical (unpaired) electrons. The highest BCUT2D eigenvalue weighted by atomic mass is 16.2. The van der Waals surface area contributed by atoms with Crippen molar-refractivity contribution in [3.63, 3.8) is 0 Å². The zero-order valence-electron chi connectivity index (χ0n) is 16.0. The van der Waals surface area contributed by atoms with Gasteiger partial charge >= 0.3 is 0 Å². The SMILES string of the molecule is Cc1ccc(C(=O)NCC(=O)N2CC[NH+](Cc3ccncc3)CC2)cc1C. The van der Waals surface area contributed by atoms with E-state index < -0.39 is 0 Å². The van der Waals surface area contributed by atoms with Crippen LogP contribution in [0.4, 0.5) is 0 Å². The van der Waals surface area contributed by atoms with Crippen molar-refractivity contribution in [1.29, 1.82) is 0 Å². The van der Waals surface area contributed by atoms with E-state index in [1.54, 1.807) is 6.07 Å². The van der Waals surface area contributed by atoms with Gasteiger partial charge in [0.1, 0.15) is 6.54 Å². The van der Waals surface area contributed by atoms with Crippen LogP contribution in [0.5, 0.6) is 0 Å². The number of piperazine rings is 1. The maximum absolute atomic E-state index is 12.4. The van der Waals surface area contributed by atoms with Crippen molar-refractivity contribution in [2.45, 2.75) is 20.4 Å². The van der Waals surface area contributed by atoms with Crippen molar-refractivity contribution in [3.8, 4) is 0 Å². The lowest BCUT2D eigenvalue weighted by Crippen LogP contribution is -3.13. The first-order chi connectivity index (χ1) is 13.0. The Morgan fingerprint density at radius 1 is 1.07 bits per heavy atom. The van der Waals surface area contributed by atoms with E-state index in [0.29, 0.717) is 5.56 Å². The molecule has 2 heterocycles. The molecular formula is C21H27N4O2+. The largest absolute Gasteiger partial charge is 0.343 e. The number of rotatable bonds is 5. The van der Waals surface area contributed by atoms with E-state index in [9.17, 15) is 9.59 Å². The molecule has 2 N–H and O–H groups in total. The third kappa shape index (κ3) is 5.14. The lowest BCUT2D eigenvalue weighted by molar-refractivity contribution is -0.917. The van der Waals surface area contributed by atoms with Crippen LogP contribution in [-0.2, 0) is 11.3 Å². The Balaban J connectivity index is 1.44. The van der Waals surface area contributed by atoms with Crippen LogP contribution in [0.2, 0.25) is 0 Å². The maximum Gasteiger partial charge on any atom is 0.251 e. The number of nitrogens with zero attached hydrogens (tertiary/aromatic N) is 2. The Morgan fingerprint density at radius 2 is 1.78 bits per heavy atom.